The molecule has 5 nitrogen and oxygen atoms in total. The largest absolute Gasteiger partial charge is 0.409 e. The van der Waals surface area contributed by atoms with Gasteiger partial charge < -0.3 is 21.2 Å². The molecule has 102 valence electrons. The minimum Gasteiger partial charge on any atom is -0.409 e. The van der Waals surface area contributed by atoms with Crippen molar-refractivity contribution in [1.29, 1.82) is 0 Å². The van der Waals surface area contributed by atoms with Crippen LogP contribution in [0.5, 0.6) is 0 Å². The Bertz CT molecular complexity index is 207. The van der Waals surface area contributed by atoms with Crippen LogP contribution in [0.2, 0.25) is 0 Å². The summed E-state index contributed by atoms with van der Waals surface area (Å²) in [6, 6.07) is 0.511. The molecule has 0 radical (unpaired) electrons. The van der Waals surface area contributed by atoms with Crippen molar-refractivity contribution in [1.82, 2.24) is 10.2 Å². The van der Waals surface area contributed by atoms with E-state index in [1.165, 1.54) is 6.42 Å². The maximum atomic E-state index is 8.42. The van der Waals surface area contributed by atoms with Gasteiger partial charge in [-0.15, -0.1) is 0 Å². The number of rotatable bonds is 9. The highest BCUT2D eigenvalue weighted by Gasteiger charge is 2.11. The summed E-state index contributed by atoms with van der Waals surface area (Å²) in [7, 11) is 4.18. The van der Waals surface area contributed by atoms with Gasteiger partial charge in [-0.3, -0.25) is 0 Å². The summed E-state index contributed by atoms with van der Waals surface area (Å²) >= 11 is 0. The first-order valence-electron chi connectivity index (χ1n) is 6.30. The highest BCUT2D eigenvalue weighted by molar-refractivity contribution is 5.79. The Morgan fingerprint density at radius 3 is 2.53 bits per heavy atom. The lowest BCUT2D eigenvalue weighted by Crippen LogP contribution is -2.39. The van der Waals surface area contributed by atoms with Crippen LogP contribution in [0.3, 0.4) is 0 Å². The number of amidine groups is 1. The van der Waals surface area contributed by atoms with Gasteiger partial charge in [-0.1, -0.05) is 19.0 Å². The molecule has 0 aliphatic carbocycles. The average molecular weight is 244 g/mol. The fraction of sp³-hybridized carbons (Fsp3) is 0.917. The molecular weight excluding hydrogens is 216 g/mol. The summed E-state index contributed by atoms with van der Waals surface area (Å²) in [5, 5.41) is 14.9. The Kier molecular flexibility index (Phi) is 8.80. The van der Waals surface area contributed by atoms with Crippen molar-refractivity contribution < 1.29 is 5.21 Å². The van der Waals surface area contributed by atoms with Gasteiger partial charge in [-0.05, 0) is 39.4 Å². The van der Waals surface area contributed by atoms with Crippen molar-refractivity contribution in [2.45, 2.75) is 39.2 Å². The van der Waals surface area contributed by atoms with Crippen molar-refractivity contribution in [2.75, 3.05) is 27.2 Å². The fourth-order valence-electron chi connectivity index (χ4n) is 1.86. The SMILES string of the molecule is CC(C)CC(CN(C)C)NCCCC(N)=NO. The van der Waals surface area contributed by atoms with Gasteiger partial charge in [0, 0.05) is 19.0 Å². The van der Waals surface area contributed by atoms with E-state index in [-0.39, 0.29) is 0 Å². The molecule has 0 aromatic rings. The monoisotopic (exact) mass is 244 g/mol. The molecule has 0 aliphatic rings. The summed E-state index contributed by atoms with van der Waals surface area (Å²) in [6.07, 6.45) is 2.71. The molecule has 0 rings (SSSR count). The molecule has 1 atom stereocenters. The maximum absolute atomic E-state index is 8.42. The number of nitrogens with zero attached hydrogens (tertiary/aromatic N) is 2. The smallest absolute Gasteiger partial charge is 0.139 e. The average Bonchev–Trinajstić information content (AvgIpc) is 2.22. The normalized spacial score (nSPS) is 14.6. The van der Waals surface area contributed by atoms with Crippen molar-refractivity contribution in [3.8, 4) is 0 Å². The third kappa shape index (κ3) is 10.1. The molecule has 0 aromatic carbocycles. The van der Waals surface area contributed by atoms with Crippen LogP contribution in [0.4, 0.5) is 0 Å². The molecule has 17 heavy (non-hydrogen) atoms. The van der Waals surface area contributed by atoms with Crippen molar-refractivity contribution >= 4 is 5.84 Å². The van der Waals surface area contributed by atoms with Crippen LogP contribution in [0, 0.1) is 5.92 Å². The van der Waals surface area contributed by atoms with E-state index in [1.54, 1.807) is 0 Å². The molecule has 1 unspecified atom stereocenters. The first-order valence-corrected chi connectivity index (χ1v) is 6.30. The molecule has 4 N–H and O–H groups in total. The molecule has 0 spiro atoms. The van der Waals surface area contributed by atoms with Gasteiger partial charge in [0.15, 0.2) is 0 Å². The molecule has 0 heterocycles. The summed E-state index contributed by atoms with van der Waals surface area (Å²) in [4.78, 5) is 2.20. The van der Waals surface area contributed by atoms with E-state index in [2.05, 4.69) is 43.3 Å². The van der Waals surface area contributed by atoms with E-state index in [0.29, 0.717) is 24.2 Å². The number of nitrogens with two attached hydrogens (primary N) is 1. The molecule has 0 fully saturated rings. The van der Waals surface area contributed by atoms with E-state index < -0.39 is 0 Å². The van der Waals surface area contributed by atoms with Crippen LogP contribution in [0.15, 0.2) is 5.16 Å². The van der Waals surface area contributed by atoms with Crippen LogP contribution in [-0.4, -0.2) is 49.2 Å². The number of hydrogen-bond donors (Lipinski definition) is 3. The van der Waals surface area contributed by atoms with E-state index in [4.69, 9.17) is 10.9 Å². The van der Waals surface area contributed by atoms with Gasteiger partial charge in [-0.2, -0.15) is 0 Å². The molecule has 0 saturated heterocycles. The lowest BCUT2D eigenvalue weighted by atomic mass is 10.0. The van der Waals surface area contributed by atoms with Crippen molar-refractivity contribution in [3.63, 3.8) is 0 Å². The fourth-order valence-corrected chi connectivity index (χ4v) is 1.86. The lowest BCUT2D eigenvalue weighted by Gasteiger charge is -2.24. The zero-order valence-electron chi connectivity index (χ0n) is 11.6. The molecule has 0 bridgehead atoms. The Hall–Kier alpha value is -0.810. The maximum Gasteiger partial charge on any atom is 0.139 e. The van der Waals surface area contributed by atoms with Crippen LogP contribution >= 0.6 is 0 Å². The van der Waals surface area contributed by atoms with E-state index in [1.807, 2.05) is 0 Å². The van der Waals surface area contributed by atoms with E-state index >= 15 is 0 Å². The minimum absolute atomic E-state index is 0.305. The number of hydrogen-bond acceptors (Lipinski definition) is 4. The predicted molar refractivity (Wildman–Crippen MR) is 72.4 cm³/mol. The third-order valence-electron chi connectivity index (χ3n) is 2.51. The molecule has 5 heteroatoms. The van der Waals surface area contributed by atoms with Crippen LogP contribution in [0.1, 0.15) is 33.1 Å². The second-order valence-corrected chi connectivity index (χ2v) is 5.24. The summed E-state index contributed by atoms with van der Waals surface area (Å²) in [5.74, 6) is 0.997. The third-order valence-corrected chi connectivity index (χ3v) is 2.51. The van der Waals surface area contributed by atoms with Gasteiger partial charge in [0.25, 0.3) is 0 Å². The molecular formula is C12H28N4O. The Balaban J connectivity index is 3.83. The van der Waals surface area contributed by atoms with Gasteiger partial charge in [0.1, 0.15) is 5.84 Å². The molecule has 0 aromatic heterocycles. The second-order valence-electron chi connectivity index (χ2n) is 5.24. The molecule has 0 saturated carbocycles. The summed E-state index contributed by atoms with van der Waals surface area (Å²) in [5.41, 5.74) is 5.42. The minimum atomic E-state index is 0.305. The Morgan fingerprint density at radius 1 is 1.41 bits per heavy atom. The Labute approximate surface area is 105 Å². The van der Waals surface area contributed by atoms with Gasteiger partial charge in [0.2, 0.25) is 0 Å². The molecule has 0 amide bonds. The Morgan fingerprint density at radius 2 is 2.06 bits per heavy atom. The van der Waals surface area contributed by atoms with E-state index in [0.717, 1.165) is 19.5 Å². The van der Waals surface area contributed by atoms with Crippen LogP contribution in [0.25, 0.3) is 0 Å². The summed E-state index contributed by atoms with van der Waals surface area (Å²) < 4.78 is 0. The van der Waals surface area contributed by atoms with E-state index in [9.17, 15) is 0 Å². The quantitative estimate of drug-likeness (QED) is 0.186. The topological polar surface area (TPSA) is 73.9 Å². The first kappa shape index (κ1) is 16.2. The standard InChI is InChI=1S/C12H28N4O/c1-10(2)8-11(9-16(3)4)14-7-5-6-12(13)15-17/h10-11,14,17H,5-9H2,1-4H3,(H2,13,15). The van der Waals surface area contributed by atoms with Gasteiger partial charge >= 0.3 is 0 Å². The molecule has 0 aliphatic heterocycles. The lowest BCUT2D eigenvalue weighted by molar-refractivity contribution is 0.305. The van der Waals surface area contributed by atoms with Gasteiger partial charge in [-0.25, -0.2) is 0 Å². The van der Waals surface area contributed by atoms with Crippen molar-refractivity contribution in [3.05, 3.63) is 0 Å². The van der Waals surface area contributed by atoms with Crippen LogP contribution < -0.4 is 11.1 Å². The number of likely N-dealkylation sites (N-methyl/N-ethyl adjacent to an activating group) is 1. The van der Waals surface area contributed by atoms with Gasteiger partial charge in [0.05, 0.1) is 0 Å². The summed E-state index contributed by atoms with van der Waals surface area (Å²) in [6.45, 7) is 6.42. The van der Waals surface area contributed by atoms with Crippen LogP contribution in [-0.2, 0) is 0 Å². The number of oxime groups is 1. The predicted octanol–water partition coefficient (Wildman–Crippen LogP) is 1.08. The number of nitrogens with one attached hydrogen (secondary N) is 1. The first-order chi connectivity index (χ1) is 7.95. The zero-order valence-corrected chi connectivity index (χ0v) is 11.6. The second kappa shape index (κ2) is 9.24. The highest BCUT2D eigenvalue weighted by Crippen LogP contribution is 2.05. The zero-order chi connectivity index (χ0) is 13.3. The highest BCUT2D eigenvalue weighted by atomic mass is 16.4. The van der Waals surface area contributed by atoms with Crippen molar-refractivity contribution in [2.24, 2.45) is 16.8 Å².